The zero-order valence-electron chi connectivity index (χ0n) is 18.8. The first-order valence-corrected chi connectivity index (χ1v) is 10.7. The Morgan fingerprint density at radius 1 is 0.765 bits per heavy atom. The standard InChI is InChI=1S/C26H28N6O2/c1-30-17-7-11-25(22(13-17)21-10-8-18(33)14-26(21)34)32(31-15-27)24-5-3-2-4-20(24)19-9-6-16(28)12-23(19)29/h2-14,30-31,33-34H,15,27-29H2,1H3. The molecule has 0 fully saturated rings. The lowest BCUT2D eigenvalue weighted by Crippen LogP contribution is -2.38. The number of hydrazine groups is 1. The molecule has 8 nitrogen and oxygen atoms in total. The third-order valence-corrected chi connectivity index (χ3v) is 5.56. The van der Waals surface area contributed by atoms with Crippen LogP contribution in [0.2, 0.25) is 0 Å². The molecule has 174 valence electrons. The van der Waals surface area contributed by atoms with Gasteiger partial charge in [0.2, 0.25) is 0 Å². The maximum absolute atomic E-state index is 10.6. The summed E-state index contributed by atoms with van der Waals surface area (Å²) >= 11 is 0. The molecule has 0 saturated carbocycles. The van der Waals surface area contributed by atoms with Gasteiger partial charge in [-0.3, -0.25) is 5.01 Å². The summed E-state index contributed by atoms with van der Waals surface area (Å²) in [6, 6.07) is 23.5. The molecule has 0 aliphatic rings. The van der Waals surface area contributed by atoms with E-state index < -0.39 is 0 Å². The predicted octanol–water partition coefficient (Wildman–Crippen LogP) is 4.20. The first kappa shape index (κ1) is 22.8. The molecule has 8 heteroatoms. The summed E-state index contributed by atoms with van der Waals surface area (Å²) in [5, 5.41) is 25.4. The molecule has 0 saturated heterocycles. The van der Waals surface area contributed by atoms with Gasteiger partial charge in [-0.25, -0.2) is 5.43 Å². The maximum atomic E-state index is 10.6. The fraction of sp³-hybridized carbons (Fsp3) is 0.0769. The minimum atomic E-state index is -0.0433. The minimum Gasteiger partial charge on any atom is -0.508 e. The molecule has 4 aromatic carbocycles. The van der Waals surface area contributed by atoms with Crippen molar-refractivity contribution in [1.29, 1.82) is 0 Å². The summed E-state index contributed by atoms with van der Waals surface area (Å²) in [5.41, 5.74) is 27.9. The molecule has 0 bridgehead atoms. The van der Waals surface area contributed by atoms with E-state index in [1.165, 1.54) is 12.1 Å². The van der Waals surface area contributed by atoms with Crippen molar-refractivity contribution in [2.75, 3.05) is 35.5 Å². The summed E-state index contributed by atoms with van der Waals surface area (Å²) < 4.78 is 0. The Kier molecular flexibility index (Phi) is 6.44. The van der Waals surface area contributed by atoms with Gasteiger partial charge in [0.25, 0.3) is 0 Å². The monoisotopic (exact) mass is 456 g/mol. The number of rotatable bonds is 7. The first-order valence-electron chi connectivity index (χ1n) is 10.7. The number of anilines is 5. The van der Waals surface area contributed by atoms with Gasteiger partial charge >= 0.3 is 0 Å². The summed E-state index contributed by atoms with van der Waals surface area (Å²) in [7, 11) is 1.82. The lowest BCUT2D eigenvalue weighted by Gasteiger charge is -2.30. The van der Waals surface area contributed by atoms with Crippen LogP contribution in [0.3, 0.4) is 0 Å². The first-order chi connectivity index (χ1) is 16.4. The highest BCUT2D eigenvalue weighted by Crippen LogP contribution is 2.43. The Morgan fingerprint density at radius 3 is 2.21 bits per heavy atom. The van der Waals surface area contributed by atoms with E-state index in [0.717, 1.165) is 33.8 Å². The lowest BCUT2D eigenvalue weighted by molar-refractivity contribution is 0.452. The normalized spacial score (nSPS) is 10.8. The molecule has 0 aliphatic heterocycles. The van der Waals surface area contributed by atoms with Crippen molar-refractivity contribution in [3.05, 3.63) is 78.9 Å². The van der Waals surface area contributed by atoms with Crippen LogP contribution < -0.4 is 33.0 Å². The van der Waals surface area contributed by atoms with Crippen molar-refractivity contribution in [1.82, 2.24) is 5.43 Å². The Hall–Kier alpha value is -4.40. The van der Waals surface area contributed by atoms with Gasteiger partial charge in [0.1, 0.15) is 11.5 Å². The molecule has 0 spiro atoms. The molecule has 0 heterocycles. The van der Waals surface area contributed by atoms with E-state index in [1.807, 2.05) is 66.7 Å². The molecule has 4 aromatic rings. The van der Waals surface area contributed by atoms with Crippen molar-refractivity contribution in [2.24, 2.45) is 5.73 Å². The van der Waals surface area contributed by atoms with Gasteiger partial charge in [-0.1, -0.05) is 24.3 Å². The van der Waals surface area contributed by atoms with E-state index in [-0.39, 0.29) is 18.2 Å². The van der Waals surface area contributed by atoms with E-state index in [1.54, 1.807) is 12.1 Å². The summed E-state index contributed by atoms with van der Waals surface area (Å²) in [6.07, 6.45) is 0. The van der Waals surface area contributed by atoms with Gasteiger partial charge in [0.15, 0.2) is 0 Å². The quantitative estimate of drug-likeness (QED) is 0.124. The van der Waals surface area contributed by atoms with Crippen molar-refractivity contribution < 1.29 is 10.2 Å². The van der Waals surface area contributed by atoms with Crippen LogP contribution in [0.5, 0.6) is 11.5 Å². The Bertz CT molecular complexity index is 1320. The van der Waals surface area contributed by atoms with Crippen molar-refractivity contribution >= 4 is 28.4 Å². The number of para-hydroxylation sites is 1. The van der Waals surface area contributed by atoms with Crippen LogP contribution >= 0.6 is 0 Å². The van der Waals surface area contributed by atoms with Crippen LogP contribution in [0.25, 0.3) is 22.3 Å². The van der Waals surface area contributed by atoms with Crippen molar-refractivity contribution in [2.45, 2.75) is 0 Å². The number of phenolic OH excluding ortho intramolecular Hbond substituents is 2. The molecule has 4 rings (SSSR count). The Balaban J connectivity index is 1.95. The third-order valence-electron chi connectivity index (χ3n) is 5.56. The number of nitrogen functional groups attached to an aromatic ring is 2. The third kappa shape index (κ3) is 4.40. The molecular formula is C26H28N6O2. The number of nitrogens with one attached hydrogen (secondary N) is 2. The fourth-order valence-corrected chi connectivity index (χ4v) is 3.96. The van der Waals surface area contributed by atoms with Crippen LogP contribution in [0.4, 0.5) is 28.4 Å². The molecule has 0 amide bonds. The van der Waals surface area contributed by atoms with E-state index in [0.29, 0.717) is 16.9 Å². The summed E-state index contributed by atoms with van der Waals surface area (Å²) in [5.74, 6) is -0.0630. The number of aromatic hydroxyl groups is 2. The molecule has 0 aliphatic carbocycles. The van der Waals surface area contributed by atoms with Crippen LogP contribution in [0.1, 0.15) is 0 Å². The van der Waals surface area contributed by atoms with Crippen LogP contribution in [0, 0.1) is 0 Å². The van der Waals surface area contributed by atoms with Crippen LogP contribution in [-0.2, 0) is 0 Å². The molecule has 0 aromatic heterocycles. The van der Waals surface area contributed by atoms with Crippen LogP contribution in [0.15, 0.2) is 78.9 Å². The van der Waals surface area contributed by atoms with E-state index >= 15 is 0 Å². The highest BCUT2D eigenvalue weighted by molar-refractivity contribution is 5.93. The second-order valence-electron chi connectivity index (χ2n) is 7.74. The van der Waals surface area contributed by atoms with Gasteiger partial charge in [-0.05, 0) is 48.5 Å². The topological polar surface area (TPSA) is 146 Å². The number of nitrogens with zero attached hydrogens (tertiary/aromatic N) is 1. The molecule has 0 unspecified atom stereocenters. The highest BCUT2D eigenvalue weighted by Gasteiger charge is 2.21. The second-order valence-corrected chi connectivity index (χ2v) is 7.74. The molecule has 34 heavy (non-hydrogen) atoms. The number of hydrogen-bond donors (Lipinski definition) is 7. The highest BCUT2D eigenvalue weighted by atomic mass is 16.3. The Morgan fingerprint density at radius 2 is 1.50 bits per heavy atom. The molecule has 0 atom stereocenters. The molecule has 10 N–H and O–H groups in total. The minimum absolute atomic E-state index is 0.0197. The lowest BCUT2D eigenvalue weighted by atomic mass is 9.98. The average molecular weight is 457 g/mol. The molecular weight excluding hydrogens is 428 g/mol. The zero-order chi connectivity index (χ0) is 24.2. The average Bonchev–Trinajstić information content (AvgIpc) is 2.82. The van der Waals surface area contributed by atoms with Gasteiger partial charge in [-0.15, -0.1) is 0 Å². The zero-order valence-corrected chi connectivity index (χ0v) is 18.8. The number of phenols is 2. The van der Waals surface area contributed by atoms with Crippen molar-refractivity contribution in [3.63, 3.8) is 0 Å². The van der Waals surface area contributed by atoms with Gasteiger partial charge in [0.05, 0.1) is 18.0 Å². The van der Waals surface area contributed by atoms with Crippen LogP contribution in [-0.4, -0.2) is 23.9 Å². The maximum Gasteiger partial charge on any atom is 0.127 e. The molecule has 0 radical (unpaired) electrons. The van der Waals surface area contributed by atoms with Crippen molar-refractivity contribution in [3.8, 4) is 33.8 Å². The summed E-state index contributed by atoms with van der Waals surface area (Å²) in [4.78, 5) is 0. The fourth-order valence-electron chi connectivity index (χ4n) is 3.96. The number of nitrogens with two attached hydrogens (primary N) is 3. The van der Waals surface area contributed by atoms with Gasteiger partial charge in [-0.2, -0.15) is 0 Å². The van der Waals surface area contributed by atoms with Gasteiger partial charge < -0.3 is 32.7 Å². The van der Waals surface area contributed by atoms with E-state index in [2.05, 4.69) is 10.7 Å². The smallest absolute Gasteiger partial charge is 0.127 e. The Labute approximate surface area is 198 Å². The summed E-state index contributed by atoms with van der Waals surface area (Å²) in [6.45, 7) is 0.153. The van der Waals surface area contributed by atoms with Gasteiger partial charge in [0, 0.05) is 52.4 Å². The number of hydrogen-bond acceptors (Lipinski definition) is 8. The van der Waals surface area contributed by atoms with E-state index in [4.69, 9.17) is 17.2 Å². The predicted molar refractivity (Wildman–Crippen MR) is 140 cm³/mol. The van der Waals surface area contributed by atoms with E-state index in [9.17, 15) is 10.2 Å². The largest absolute Gasteiger partial charge is 0.508 e. The number of benzene rings is 4. The SMILES string of the molecule is CNc1ccc(N(NCN)c2ccccc2-c2ccc(N)cc2N)c(-c2ccc(O)cc2O)c1. The second kappa shape index (κ2) is 9.62.